The summed E-state index contributed by atoms with van der Waals surface area (Å²) in [6.07, 6.45) is 2.39. The number of hydrogen-bond donors (Lipinski definition) is 1. The van der Waals surface area contributed by atoms with Crippen molar-refractivity contribution in [2.24, 2.45) is 10.7 Å². The Morgan fingerprint density at radius 1 is 1.00 bits per heavy atom. The monoisotopic (exact) mass is 397 g/mol. The van der Waals surface area contributed by atoms with Gasteiger partial charge in [-0.05, 0) is 50.1 Å². The number of guanidine groups is 1. The summed E-state index contributed by atoms with van der Waals surface area (Å²) in [5.74, 6) is 1.14. The molecule has 2 N–H and O–H groups in total. The van der Waals surface area contributed by atoms with E-state index in [-0.39, 0.29) is 5.82 Å². The molecule has 2 saturated heterocycles. The lowest BCUT2D eigenvalue weighted by Gasteiger charge is -2.36. The van der Waals surface area contributed by atoms with Crippen molar-refractivity contribution in [3.63, 3.8) is 0 Å². The fourth-order valence-corrected chi connectivity index (χ4v) is 3.86. The van der Waals surface area contributed by atoms with Gasteiger partial charge in [0, 0.05) is 50.6 Å². The number of halogens is 1. The molecule has 2 aliphatic rings. The minimum atomic E-state index is -0.211. The average molecular weight is 398 g/mol. The van der Waals surface area contributed by atoms with E-state index in [0.717, 1.165) is 62.3 Å². The predicted molar refractivity (Wildman–Crippen MR) is 114 cm³/mol. The van der Waals surface area contributed by atoms with E-state index in [1.165, 1.54) is 25.0 Å². The normalized spacial score (nSPS) is 17.9. The van der Waals surface area contributed by atoms with Gasteiger partial charge in [0.1, 0.15) is 5.82 Å². The van der Waals surface area contributed by atoms with E-state index < -0.39 is 0 Å². The molecular weight excluding hydrogens is 369 g/mol. The van der Waals surface area contributed by atoms with Crippen LogP contribution in [0.4, 0.5) is 16.0 Å². The molecule has 154 valence electrons. The number of nitrogens with zero attached hydrogens (tertiary/aromatic N) is 6. The third-order valence-electron chi connectivity index (χ3n) is 5.48. The van der Waals surface area contributed by atoms with Crippen molar-refractivity contribution in [3.8, 4) is 0 Å². The molecule has 1 aromatic heterocycles. The number of nitrogens with two attached hydrogens (primary N) is 1. The SMILES string of the molecule is Cc1cc(CN=C(N)N2CCN(c3ccc(F)cc3)CC2)nc(N2CCCC2)n1. The molecule has 7 nitrogen and oxygen atoms in total. The Hall–Kier alpha value is -2.90. The van der Waals surface area contributed by atoms with Crippen LogP contribution in [0.2, 0.25) is 0 Å². The van der Waals surface area contributed by atoms with Gasteiger partial charge in [0.2, 0.25) is 5.95 Å². The summed E-state index contributed by atoms with van der Waals surface area (Å²) >= 11 is 0. The first-order valence-corrected chi connectivity index (χ1v) is 10.2. The van der Waals surface area contributed by atoms with Crippen LogP contribution < -0.4 is 15.5 Å². The van der Waals surface area contributed by atoms with Crippen molar-refractivity contribution in [1.29, 1.82) is 0 Å². The topological polar surface area (TPSA) is 73.9 Å². The van der Waals surface area contributed by atoms with Gasteiger partial charge < -0.3 is 20.4 Å². The summed E-state index contributed by atoms with van der Waals surface area (Å²) in [5, 5.41) is 0. The summed E-state index contributed by atoms with van der Waals surface area (Å²) in [7, 11) is 0. The molecule has 0 saturated carbocycles. The highest BCUT2D eigenvalue weighted by Crippen LogP contribution is 2.18. The predicted octanol–water partition coefficient (Wildman–Crippen LogP) is 2.16. The van der Waals surface area contributed by atoms with Gasteiger partial charge >= 0.3 is 0 Å². The van der Waals surface area contributed by atoms with Crippen LogP contribution in [0.15, 0.2) is 35.3 Å². The maximum absolute atomic E-state index is 13.1. The second-order valence-electron chi connectivity index (χ2n) is 7.62. The van der Waals surface area contributed by atoms with Gasteiger partial charge in [0.15, 0.2) is 5.96 Å². The number of hydrogen-bond acceptors (Lipinski definition) is 5. The van der Waals surface area contributed by atoms with E-state index in [0.29, 0.717) is 12.5 Å². The van der Waals surface area contributed by atoms with E-state index in [2.05, 4.69) is 29.7 Å². The molecule has 0 amide bonds. The zero-order chi connectivity index (χ0) is 20.2. The van der Waals surface area contributed by atoms with E-state index in [9.17, 15) is 4.39 Å². The van der Waals surface area contributed by atoms with Crippen LogP contribution in [-0.2, 0) is 6.54 Å². The Labute approximate surface area is 171 Å². The molecule has 2 fully saturated rings. The molecule has 3 heterocycles. The zero-order valence-corrected chi connectivity index (χ0v) is 16.9. The highest BCUT2D eigenvalue weighted by Gasteiger charge is 2.19. The molecule has 0 spiro atoms. The second kappa shape index (κ2) is 8.63. The molecular formula is C21H28FN7. The van der Waals surface area contributed by atoms with Crippen LogP contribution in [-0.4, -0.2) is 60.1 Å². The summed E-state index contributed by atoms with van der Waals surface area (Å²) in [6, 6.07) is 8.60. The standard InChI is InChI=1S/C21H28FN7/c1-16-14-18(26-21(25-16)29-8-2-3-9-29)15-24-20(23)28-12-10-27(11-13-28)19-6-4-17(22)5-7-19/h4-7,14H,2-3,8-13,15H2,1H3,(H2,23,24). The Kier molecular flexibility index (Phi) is 5.78. The first-order valence-electron chi connectivity index (χ1n) is 10.2. The molecule has 29 heavy (non-hydrogen) atoms. The van der Waals surface area contributed by atoms with Crippen LogP contribution in [0.5, 0.6) is 0 Å². The number of piperazine rings is 1. The first-order chi connectivity index (χ1) is 14.1. The van der Waals surface area contributed by atoms with Gasteiger partial charge in [-0.3, -0.25) is 0 Å². The molecule has 4 rings (SSSR count). The first kappa shape index (κ1) is 19.4. The molecule has 0 radical (unpaired) electrons. The lowest BCUT2D eigenvalue weighted by atomic mass is 10.2. The number of benzene rings is 1. The quantitative estimate of drug-likeness (QED) is 0.630. The zero-order valence-electron chi connectivity index (χ0n) is 16.9. The maximum Gasteiger partial charge on any atom is 0.225 e. The van der Waals surface area contributed by atoms with Crippen LogP contribution in [0.1, 0.15) is 24.2 Å². The van der Waals surface area contributed by atoms with Crippen LogP contribution >= 0.6 is 0 Å². The Balaban J connectivity index is 1.35. The van der Waals surface area contributed by atoms with Crippen molar-refractivity contribution >= 4 is 17.6 Å². The van der Waals surface area contributed by atoms with Gasteiger partial charge in [-0.2, -0.15) is 0 Å². The number of aliphatic imine (C=N–C) groups is 1. The van der Waals surface area contributed by atoms with Crippen molar-refractivity contribution < 1.29 is 4.39 Å². The Bertz CT molecular complexity index is 854. The molecule has 0 aliphatic carbocycles. The Morgan fingerprint density at radius 3 is 2.38 bits per heavy atom. The summed E-state index contributed by atoms with van der Waals surface area (Å²) in [5.41, 5.74) is 9.14. The number of rotatable bonds is 4. The minimum absolute atomic E-state index is 0.211. The van der Waals surface area contributed by atoms with Crippen LogP contribution in [0.3, 0.4) is 0 Å². The third kappa shape index (κ3) is 4.75. The van der Waals surface area contributed by atoms with E-state index in [4.69, 9.17) is 5.73 Å². The molecule has 2 aliphatic heterocycles. The molecule has 0 unspecified atom stereocenters. The molecule has 8 heteroatoms. The fourth-order valence-electron chi connectivity index (χ4n) is 3.86. The van der Waals surface area contributed by atoms with Gasteiger partial charge in [-0.1, -0.05) is 0 Å². The lowest BCUT2D eigenvalue weighted by molar-refractivity contribution is 0.380. The van der Waals surface area contributed by atoms with Gasteiger partial charge in [0.05, 0.1) is 12.2 Å². The fraction of sp³-hybridized carbons (Fsp3) is 0.476. The summed E-state index contributed by atoms with van der Waals surface area (Å²) in [4.78, 5) is 20.4. The maximum atomic E-state index is 13.1. The highest BCUT2D eigenvalue weighted by molar-refractivity contribution is 5.78. The summed E-state index contributed by atoms with van der Waals surface area (Å²) < 4.78 is 13.1. The van der Waals surface area contributed by atoms with Crippen molar-refractivity contribution in [2.45, 2.75) is 26.3 Å². The van der Waals surface area contributed by atoms with Crippen molar-refractivity contribution in [2.75, 3.05) is 49.1 Å². The number of anilines is 2. The van der Waals surface area contributed by atoms with Gasteiger partial charge in [-0.15, -0.1) is 0 Å². The van der Waals surface area contributed by atoms with Gasteiger partial charge in [-0.25, -0.2) is 19.4 Å². The molecule has 0 bridgehead atoms. The van der Waals surface area contributed by atoms with Crippen LogP contribution in [0.25, 0.3) is 0 Å². The second-order valence-corrected chi connectivity index (χ2v) is 7.62. The number of aromatic nitrogens is 2. The van der Waals surface area contributed by atoms with E-state index in [1.54, 1.807) is 0 Å². The van der Waals surface area contributed by atoms with Crippen molar-refractivity contribution in [1.82, 2.24) is 14.9 Å². The number of aryl methyl sites for hydroxylation is 1. The lowest BCUT2D eigenvalue weighted by Crippen LogP contribution is -2.51. The van der Waals surface area contributed by atoms with E-state index >= 15 is 0 Å². The van der Waals surface area contributed by atoms with Crippen molar-refractivity contribution in [3.05, 3.63) is 47.5 Å². The Morgan fingerprint density at radius 2 is 1.69 bits per heavy atom. The van der Waals surface area contributed by atoms with Crippen LogP contribution in [0, 0.1) is 12.7 Å². The summed E-state index contributed by atoms with van der Waals surface area (Å²) in [6.45, 7) is 7.71. The smallest absolute Gasteiger partial charge is 0.225 e. The third-order valence-corrected chi connectivity index (χ3v) is 5.48. The largest absolute Gasteiger partial charge is 0.370 e. The van der Waals surface area contributed by atoms with Gasteiger partial charge in [0.25, 0.3) is 0 Å². The molecule has 0 atom stereocenters. The molecule has 2 aromatic rings. The highest BCUT2D eigenvalue weighted by atomic mass is 19.1. The minimum Gasteiger partial charge on any atom is -0.370 e. The molecule has 1 aromatic carbocycles. The average Bonchev–Trinajstić information content (AvgIpc) is 3.27. The van der Waals surface area contributed by atoms with E-state index in [1.807, 2.05) is 25.1 Å².